The molecule has 0 aromatic heterocycles. The van der Waals surface area contributed by atoms with Gasteiger partial charge >= 0.3 is 0 Å². The van der Waals surface area contributed by atoms with Crippen molar-refractivity contribution in [2.75, 3.05) is 0 Å². The van der Waals surface area contributed by atoms with Gasteiger partial charge in [0.25, 0.3) is 0 Å². The predicted molar refractivity (Wildman–Crippen MR) is 96.0 cm³/mol. The van der Waals surface area contributed by atoms with Gasteiger partial charge in [-0.2, -0.15) is 0 Å². The number of fused-ring (bicyclic) bond motifs is 1. The Labute approximate surface area is 151 Å². The quantitative estimate of drug-likeness (QED) is 0.227. The fourth-order valence-electron chi connectivity index (χ4n) is 3.49. The third-order valence-electron chi connectivity index (χ3n) is 4.96. The molecule has 0 amide bonds. The highest BCUT2D eigenvalue weighted by molar-refractivity contribution is 5.66. The summed E-state index contributed by atoms with van der Waals surface area (Å²) in [6.45, 7) is 2.18. The summed E-state index contributed by atoms with van der Waals surface area (Å²) in [7, 11) is 0. The molecule has 0 bridgehead atoms. The molecule has 0 aliphatic heterocycles. The zero-order valence-corrected chi connectivity index (χ0v) is 14.8. The first-order valence-electron chi connectivity index (χ1n) is 9.13. The molecule has 0 spiro atoms. The number of rotatable bonds is 6. The molecule has 138 valence electrons. The lowest BCUT2D eigenvalue weighted by atomic mass is 9.87. The largest absolute Gasteiger partial charge is 0.206 e. The molecule has 26 heavy (non-hydrogen) atoms. The van der Waals surface area contributed by atoms with E-state index in [4.69, 9.17) is 0 Å². The lowest BCUT2D eigenvalue weighted by Gasteiger charge is -2.19. The van der Waals surface area contributed by atoms with Crippen LogP contribution in [0.1, 0.15) is 50.2 Å². The second kappa shape index (κ2) is 8.07. The van der Waals surface area contributed by atoms with E-state index in [1.54, 1.807) is 6.07 Å². The lowest BCUT2D eigenvalue weighted by molar-refractivity contribution is 0.447. The molecule has 3 rings (SSSR count). The Bertz CT molecular complexity index is 813. The fourth-order valence-corrected chi connectivity index (χ4v) is 3.49. The minimum atomic E-state index is -1.54. The van der Waals surface area contributed by atoms with Gasteiger partial charge in [-0.05, 0) is 66.6 Å². The molecule has 0 N–H and O–H groups in total. The number of hydrogen-bond acceptors (Lipinski definition) is 0. The third-order valence-corrected chi connectivity index (χ3v) is 4.96. The Morgan fingerprint density at radius 2 is 1.54 bits per heavy atom. The number of unbranched alkanes of at least 4 members (excludes halogenated alkanes) is 3. The van der Waals surface area contributed by atoms with Gasteiger partial charge in [-0.15, -0.1) is 0 Å². The molecule has 4 heteroatoms. The van der Waals surface area contributed by atoms with Crippen LogP contribution in [0.2, 0.25) is 0 Å². The highest BCUT2D eigenvalue weighted by Gasteiger charge is 2.18. The Hall–Kier alpha value is -2.10. The Balaban J connectivity index is 1.82. The van der Waals surface area contributed by atoms with Crippen LogP contribution in [0, 0.1) is 23.3 Å². The molecule has 0 fully saturated rings. The van der Waals surface area contributed by atoms with Gasteiger partial charge in [-0.25, -0.2) is 17.6 Å². The van der Waals surface area contributed by atoms with Gasteiger partial charge in [-0.1, -0.05) is 37.8 Å². The molecule has 1 aliphatic carbocycles. The van der Waals surface area contributed by atoms with Crippen LogP contribution in [0.5, 0.6) is 0 Å². The fraction of sp³-hybridized carbons (Fsp3) is 0.364. The van der Waals surface area contributed by atoms with Gasteiger partial charge < -0.3 is 0 Å². The highest BCUT2D eigenvalue weighted by Crippen LogP contribution is 2.32. The maximum Gasteiger partial charge on any atom is 0.194 e. The molecular formula is C22H22F4. The molecule has 0 heterocycles. The van der Waals surface area contributed by atoms with E-state index in [2.05, 4.69) is 13.0 Å². The maximum absolute atomic E-state index is 14.5. The summed E-state index contributed by atoms with van der Waals surface area (Å²) in [4.78, 5) is 0. The molecular weight excluding hydrogens is 340 g/mol. The zero-order chi connectivity index (χ0) is 18.7. The number of halogens is 4. The second-order valence-corrected chi connectivity index (χ2v) is 6.91. The molecule has 0 radical (unpaired) electrons. The SMILES string of the molecule is CCCCCCC1=CCc2cc(-c3cc(F)c(F)c(F)c3)c(F)cc2C1. The second-order valence-electron chi connectivity index (χ2n) is 6.91. The molecule has 0 saturated heterocycles. The van der Waals surface area contributed by atoms with E-state index in [0.29, 0.717) is 12.8 Å². The van der Waals surface area contributed by atoms with Crippen LogP contribution in [0.4, 0.5) is 17.6 Å². The van der Waals surface area contributed by atoms with Crippen molar-refractivity contribution in [2.45, 2.75) is 51.9 Å². The smallest absolute Gasteiger partial charge is 0.194 e. The number of hydrogen-bond donors (Lipinski definition) is 0. The van der Waals surface area contributed by atoms with E-state index < -0.39 is 23.3 Å². The molecule has 2 aromatic rings. The van der Waals surface area contributed by atoms with Crippen molar-refractivity contribution in [3.63, 3.8) is 0 Å². The van der Waals surface area contributed by atoms with Crippen molar-refractivity contribution in [3.8, 4) is 11.1 Å². The minimum Gasteiger partial charge on any atom is -0.206 e. The maximum atomic E-state index is 14.5. The van der Waals surface area contributed by atoms with E-state index >= 15 is 0 Å². The van der Waals surface area contributed by atoms with E-state index in [9.17, 15) is 17.6 Å². The molecule has 1 aliphatic rings. The van der Waals surface area contributed by atoms with Crippen LogP contribution in [0.25, 0.3) is 11.1 Å². The van der Waals surface area contributed by atoms with Crippen LogP contribution >= 0.6 is 0 Å². The summed E-state index contributed by atoms with van der Waals surface area (Å²) in [6.07, 6.45) is 9.36. The molecule has 0 saturated carbocycles. The van der Waals surface area contributed by atoms with E-state index in [1.807, 2.05) is 0 Å². The summed E-state index contributed by atoms with van der Waals surface area (Å²) in [5.74, 6) is -4.71. The van der Waals surface area contributed by atoms with Crippen LogP contribution in [-0.4, -0.2) is 0 Å². The molecule has 0 atom stereocenters. The average Bonchev–Trinajstić information content (AvgIpc) is 2.62. The van der Waals surface area contributed by atoms with Gasteiger partial charge in [0.05, 0.1) is 0 Å². The van der Waals surface area contributed by atoms with Crippen molar-refractivity contribution in [1.29, 1.82) is 0 Å². The standard InChI is InChI=1S/C22H22F4/c1-2-3-4-5-6-14-7-8-15-10-18(19(23)11-16(15)9-14)17-12-20(24)22(26)21(25)13-17/h7,10-13H,2-6,8-9H2,1H3. The van der Waals surface area contributed by atoms with Crippen LogP contribution < -0.4 is 0 Å². The average molecular weight is 362 g/mol. The topological polar surface area (TPSA) is 0 Å². The van der Waals surface area contributed by atoms with Gasteiger partial charge in [0.1, 0.15) is 5.82 Å². The van der Waals surface area contributed by atoms with Crippen molar-refractivity contribution >= 4 is 0 Å². The summed E-state index contributed by atoms with van der Waals surface area (Å²) in [5.41, 5.74) is 3.29. The van der Waals surface area contributed by atoms with Gasteiger partial charge in [0.15, 0.2) is 17.5 Å². The van der Waals surface area contributed by atoms with Crippen LogP contribution in [0.3, 0.4) is 0 Å². The van der Waals surface area contributed by atoms with Crippen molar-refractivity contribution in [2.24, 2.45) is 0 Å². The Kier molecular flexibility index (Phi) is 5.80. The van der Waals surface area contributed by atoms with Crippen molar-refractivity contribution in [1.82, 2.24) is 0 Å². The summed E-state index contributed by atoms with van der Waals surface area (Å²) < 4.78 is 54.6. The van der Waals surface area contributed by atoms with E-state index in [0.717, 1.165) is 36.1 Å². The number of benzene rings is 2. The van der Waals surface area contributed by atoms with Gasteiger partial charge in [0.2, 0.25) is 0 Å². The molecule has 0 unspecified atom stereocenters. The highest BCUT2D eigenvalue weighted by atomic mass is 19.2. The van der Waals surface area contributed by atoms with E-state index in [-0.39, 0.29) is 11.1 Å². The van der Waals surface area contributed by atoms with Crippen molar-refractivity contribution in [3.05, 3.63) is 70.3 Å². The van der Waals surface area contributed by atoms with E-state index in [1.165, 1.54) is 30.9 Å². The van der Waals surface area contributed by atoms with Gasteiger partial charge in [-0.3, -0.25) is 0 Å². The summed E-state index contributed by atoms with van der Waals surface area (Å²) in [6, 6.07) is 4.74. The first kappa shape index (κ1) is 18.7. The third kappa shape index (κ3) is 4.00. The first-order chi connectivity index (χ1) is 12.5. The number of allylic oxidation sites excluding steroid dienone is 2. The van der Waals surface area contributed by atoms with Gasteiger partial charge in [0, 0.05) is 5.56 Å². The molecule has 2 aromatic carbocycles. The monoisotopic (exact) mass is 362 g/mol. The summed E-state index contributed by atoms with van der Waals surface area (Å²) in [5, 5.41) is 0. The zero-order valence-electron chi connectivity index (χ0n) is 14.8. The van der Waals surface area contributed by atoms with Crippen LogP contribution in [0.15, 0.2) is 35.9 Å². The van der Waals surface area contributed by atoms with Crippen LogP contribution in [-0.2, 0) is 12.8 Å². The summed E-state index contributed by atoms with van der Waals surface area (Å²) >= 11 is 0. The lowest BCUT2D eigenvalue weighted by Crippen LogP contribution is -2.05. The Morgan fingerprint density at radius 1 is 0.808 bits per heavy atom. The van der Waals surface area contributed by atoms with Crippen molar-refractivity contribution < 1.29 is 17.6 Å². The molecule has 0 nitrogen and oxygen atoms in total. The predicted octanol–water partition coefficient (Wildman–Crippen LogP) is 6.91. The normalized spacial score (nSPS) is 13.5. The first-order valence-corrected chi connectivity index (χ1v) is 9.13. The minimum absolute atomic E-state index is 0.0102. The Morgan fingerprint density at radius 3 is 2.23 bits per heavy atom.